The quantitative estimate of drug-likeness (QED) is 0.478. The van der Waals surface area contributed by atoms with Crippen molar-refractivity contribution in [3.05, 3.63) is 26.9 Å². The van der Waals surface area contributed by atoms with Gasteiger partial charge in [0.15, 0.2) is 0 Å². The van der Waals surface area contributed by atoms with E-state index in [2.05, 4.69) is 20.9 Å². The van der Waals surface area contributed by atoms with Crippen molar-refractivity contribution in [1.29, 1.82) is 0 Å². The summed E-state index contributed by atoms with van der Waals surface area (Å²) in [4.78, 5) is 17.0. The summed E-state index contributed by atoms with van der Waals surface area (Å²) < 4.78 is 0.648. The summed E-state index contributed by atoms with van der Waals surface area (Å²) in [5.74, 6) is 0.505. The van der Waals surface area contributed by atoms with Crippen LogP contribution in [0.15, 0.2) is 16.7 Å². The molecule has 0 atom stereocenters. The van der Waals surface area contributed by atoms with Gasteiger partial charge in [0.05, 0.1) is 4.92 Å². The van der Waals surface area contributed by atoms with Crippen LogP contribution < -0.4 is 4.90 Å². The molecular formula is C12H14BrN3O2. The summed E-state index contributed by atoms with van der Waals surface area (Å²) in [5, 5.41) is 11.0. The lowest BCUT2D eigenvalue weighted by Gasteiger charge is -2.32. The Bertz CT molecular complexity index is 492. The Labute approximate surface area is 113 Å². The summed E-state index contributed by atoms with van der Waals surface area (Å²) in [7, 11) is 0. The molecular weight excluding hydrogens is 298 g/mol. The topological polar surface area (TPSA) is 59.3 Å². The highest BCUT2D eigenvalue weighted by molar-refractivity contribution is 9.10. The first-order chi connectivity index (χ1) is 8.60. The van der Waals surface area contributed by atoms with Crippen LogP contribution >= 0.6 is 15.9 Å². The minimum absolute atomic E-state index is 0.102. The van der Waals surface area contributed by atoms with Crippen LogP contribution in [0.3, 0.4) is 0 Å². The molecule has 0 N–H and O–H groups in total. The molecule has 1 aliphatic carbocycles. The van der Waals surface area contributed by atoms with Gasteiger partial charge in [0, 0.05) is 19.2 Å². The number of pyridine rings is 1. The van der Waals surface area contributed by atoms with Crippen molar-refractivity contribution in [2.75, 3.05) is 18.0 Å². The molecule has 0 radical (unpaired) electrons. The Morgan fingerprint density at radius 2 is 1.94 bits per heavy atom. The first-order valence-electron chi connectivity index (χ1n) is 6.16. The molecule has 18 heavy (non-hydrogen) atoms. The average Bonchev–Trinajstić information content (AvgIpc) is 3.09. The van der Waals surface area contributed by atoms with E-state index in [4.69, 9.17) is 0 Å². The summed E-state index contributed by atoms with van der Waals surface area (Å²) in [6.07, 6.45) is 4.93. The number of nitrogens with zero attached hydrogens (tertiary/aromatic N) is 3. The Kier molecular flexibility index (Phi) is 2.77. The van der Waals surface area contributed by atoms with Gasteiger partial charge in [-0.25, -0.2) is 4.98 Å². The van der Waals surface area contributed by atoms with E-state index in [0.717, 1.165) is 25.9 Å². The number of piperidine rings is 1. The van der Waals surface area contributed by atoms with Crippen LogP contribution in [0.2, 0.25) is 0 Å². The Morgan fingerprint density at radius 3 is 2.50 bits per heavy atom. The summed E-state index contributed by atoms with van der Waals surface area (Å²) >= 11 is 3.29. The van der Waals surface area contributed by atoms with E-state index in [9.17, 15) is 10.1 Å². The zero-order valence-electron chi connectivity index (χ0n) is 9.93. The van der Waals surface area contributed by atoms with Crippen LogP contribution in [0.5, 0.6) is 0 Å². The van der Waals surface area contributed by atoms with E-state index < -0.39 is 0 Å². The molecule has 1 aromatic heterocycles. The fraction of sp³-hybridized carbons (Fsp3) is 0.583. The average molecular weight is 312 g/mol. The van der Waals surface area contributed by atoms with Gasteiger partial charge < -0.3 is 4.90 Å². The Morgan fingerprint density at radius 1 is 1.28 bits per heavy atom. The molecule has 6 heteroatoms. The highest BCUT2D eigenvalue weighted by Crippen LogP contribution is 2.54. The summed E-state index contributed by atoms with van der Waals surface area (Å²) in [6.45, 7) is 1.76. The van der Waals surface area contributed by atoms with Crippen molar-refractivity contribution in [2.45, 2.75) is 25.7 Å². The number of aromatic nitrogens is 1. The molecule has 2 fully saturated rings. The third-order valence-electron chi connectivity index (χ3n) is 4.10. The second-order valence-electron chi connectivity index (χ2n) is 5.22. The van der Waals surface area contributed by atoms with E-state index in [-0.39, 0.29) is 10.6 Å². The molecule has 2 aliphatic rings. The van der Waals surface area contributed by atoms with Crippen molar-refractivity contribution in [3.8, 4) is 0 Å². The first kappa shape index (κ1) is 11.9. The fourth-order valence-corrected chi connectivity index (χ4v) is 2.96. The van der Waals surface area contributed by atoms with Crippen LogP contribution in [0.25, 0.3) is 0 Å². The molecule has 0 unspecified atom stereocenters. The van der Waals surface area contributed by atoms with Crippen molar-refractivity contribution < 1.29 is 4.92 Å². The molecule has 0 bridgehead atoms. The zero-order valence-corrected chi connectivity index (χ0v) is 11.5. The van der Waals surface area contributed by atoms with Gasteiger partial charge in [0.1, 0.15) is 4.60 Å². The van der Waals surface area contributed by atoms with Crippen LogP contribution in [0.4, 0.5) is 11.5 Å². The number of hydrogen-bond acceptors (Lipinski definition) is 4. The van der Waals surface area contributed by atoms with Crippen LogP contribution in [-0.2, 0) is 0 Å². The molecule has 1 aromatic rings. The molecule has 1 saturated carbocycles. The largest absolute Gasteiger partial charge is 0.351 e. The van der Waals surface area contributed by atoms with Crippen LogP contribution in [0.1, 0.15) is 25.7 Å². The maximum atomic E-state index is 11.0. The van der Waals surface area contributed by atoms with E-state index in [1.165, 1.54) is 18.9 Å². The molecule has 1 spiro atoms. The first-order valence-corrected chi connectivity index (χ1v) is 6.95. The molecule has 3 rings (SSSR count). The standard InChI is InChI=1S/C12H14BrN3O2/c13-10-2-1-9(16(17)18)11(14-10)15-7-5-12(3-4-12)6-8-15/h1-2H,3-8H2. The molecule has 1 saturated heterocycles. The second kappa shape index (κ2) is 4.19. The van der Waals surface area contributed by atoms with Crippen LogP contribution in [0, 0.1) is 15.5 Å². The maximum absolute atomic E-state index is 11.0. The van der Waals surface area contributed by atoms with Crippen LogP contribution in [-0.4, -0.2) is 23.0 Å². The number of hydrogen-bond donors (Lipinski definition) is 0. The molecule has 1 aliphatic heterocycles. The van der Waals surface area contributed by atoms with Gasteiger partial charge in [-0.1, -0.05) is 0 Å². The molecule has 0 amide bonds. The van der Waals surface area contributed by atoms with E-state index in [1.54, 1.807) is 6.07 Å². The van der Waals surface area contributed by atoms with Gasteiger partial charge in [0.25, 0.3) is 0 Å². The van der Waals surface area contributed by atoms with E-state index >= 15 is 0 Å². The molecule has 2 heterocycles. The molecule has 96 valence electrons. The van der Waals surface area contributed by atoms with Gasteiger partial charge in [-0.15, -0.1) is 0 Å². The van der Waals surface area contributed by atoms with Gasteiger partial charge >= 0.3 is 5.69 Å². The Hall–Kier alpha value is -1.17. The summed E-state index contributed by atoms with van der Waals surface area (Å²) in [5.41, 5.74) is 0.669. The number of rotatable bonds is 2. The minimum Gasteiger partial charge on any atom is -0.351 e. The predicted molar refractivity (Wildman–Crippen MR) is 71.7 cm³/mol. The fourth-order valence-electron chi connectivity index (χ4n) is 2.66. The number of halogens is 1. The second-order valence-corrected chi connectivity index (χ2v) is 6.03. The van der Waals surface area contributed by atoms with Gasteiger partial charge in [-0.05, 0) is 53.1 Å². The lowest BCUT2D eigenvalue weighted by molar-refractivity contribution is -0.384. The van der Waals surface area contributed by atoms with Crippen molar-refractivity contribution in [3.63, 3.8) is 0 Å². The lowest BCUT2D eigenvalue weighted by Crippen LogP contribution is -2.35. The van der Waals surface area contributed by atoms with Crippen molar-refractivity contribution in [1.82, 2.24) is 4.98 Å². The minimum atomic E-state index is -0.351. The molecule has 0 aromatic carbocycles. The Balaban J connectivity index is 1.86. The monoisotopic (exact) mass is 311 g/mol. The van der Waals surface area contributed by atoms with Crippen molar-refractivity contribution in [2.24, 2.45) is 5.41 Å². The normalized spacial score (nSPS) is 21.1. The van der Waals surface area contributed by atoms with Gasteiger partial charge in [-0.2, -0.15) is 0 Å². The zero-order chi connectivity index (χ0) is 12.8. The van der Waals surface area contributed by atoms with E-state index in [1.807, 2.05) is 4.90 Å². The van der Waals surface area contributed by atoms with Crippen molar-refractivity contribution >= 4 is 27.4 Å². The maximum Gasteiger partial charge on any atom is 0.311 e. The number of anilines is 1. The van der Waals surface area contributed by atoms with Gasteiger partial charge in [-0.3, -0.25) is 10.1 Å². The highest BCUT2D eigenvalue weighted by atomic mass is 79.9. The third-order valence-corrected chi connectivity index (χ3v) is 4.54. The lowest BCUT2D eigenvalue weighted by atomic mass is 9.94. The predicted octanol–water partition coefficient (Wildman–Crippen LogP) is 3.13. The molecule has 5 nitrogen and oxygen atoms in total. The highest BCUT2D eigenvalue weighted by Gasteiger charge is 2.45. The SMILES string of the molecule is O=[N+]([O-])c1ccc(Br)nc1N1CCC2(CC1)CC2. The smallest absolute Gasteiger partial charge is 0.311 e. The van der Waals surface area contributed by atoms with E-state index in [0.29, 0.717) is 15.8 Å². The number of nitro groups is 1. The third kappa shape index (κ3) is 2.09. The summed E-state index contributed by atoms with van der Waals surface area (Å²) in [6, 6.07) is 3.14. The van der Waals surface area contributed by atoms with Gasteiger partial charge in [0.2, 0.25) is 5.82 Å².